The largest absolute Gasteiger partial charge is 0.390 e. The number of fused-ring (bicyclic) bond motifs is 2. The number of halogens is 3. The van der Waals surface area contributed by atoms with Gasteiger partial charge in [0, 0.05) is 17.3 Å². The summed E-state index contributed by atoms with van der Waals surface area (Å²) in [6, 6.07) is 5.85. The second kappa shape index (κ2) is 9.79. The number of amides is 1. The number of carbonyl (C=O) groups excluding carboxylic acids is 1. The van der Waals surface area contributed by atoms with Gasteiger partial charge in [-0.2, -0.15) is 0 Å². The molecule has 3 unspecified atom stereocenters. The lowest BCUT2D eigenvalue weighted by atomic mass is 9.76. The number of aryl methyl sites for hydroxylation is 1. The topological polar surface area (TPSA) is 83.5 Å². The summed E-state index contributed by atoms with van der Waals surface area (Å²) < 4.78 is 54.3. The minimum Gasteiger partial charge on any atom is -0.390 e. The van der Waals surface area contributed by atoms with Crippen molar-refractivity contribution in [3.05, 3.63) is 58.1 Å². The molecule has 2 aromatic rings. The second-order valence-corrected chi connectivity index (χ2v) is 12.6. The predicted molar refractivity (Wildman–Crippen MR) is 131 cm³/mol. The lowest BCUT2D eigenvalue weighted by Gasteiger charge is -2.40. The quantitative estimate of drug-likeness (QED) is 0.469. The minimum atomic E-state index is -3.88. The zero-order valence-corrected chi connectivity index (χ0v) is 21.4. The summed E-state index contributed by atoms with van der Waals surface area (Å²) in [5, 5.41) is 12.7. The predicted octanol–water partition coefficient (Wildman–Crippen LogP) is 5.93. The maximum absolute atomic E-state index is 13.7. The van der Waals surface area contributed by atoms with Crippen LogP contribution >= 0.6 is 11.6 Å². The van der Waals surface area contributed by atoms with E-state index in [4.69, 9.17) is 11.6 Å². The van der Waals surface area contributed by atoms with Crippen LogP contribution in [0.4, 0.5) is 14.5 Å². The van der Waals surface area contributed by atoms with E-state index in [1.165, 1.54) is 18.2 Å². The SMILES string of the molecule is CCCCc1cc(Cl)c(S(=O)(=O)C2CC3CC[C@H](C2)C3(C)O)cc1C(=O)Nc1ccc(F)c(F)c1. The minimum absolute atomic E-state index is 0.0563. The number of sulfone groups is 1. The third-order valence-electron chi connectivity index (χ3n) is 7.74. The molecule has 1 amide bonds. The molecule has 2 N–H and O–H groups in total. The fourth-order valence-electron chi connectivity index (χ4n) is 5.57. The van der Waals surface area contributed by atoms with E-state index in [1.807, 2.05) is 6.92 Å². The third-order valence-corrected chi connectivity index (χ3v) is 10.4. The highest BCUT2D eigenvalue weighted by Gasteiger charge is 2.53. The Labute approximate surface area is 209 Å². The van der Waals surface area contributed by atoms with Crippen molar-refractivity contribution in [3.63, 3.8) is 0 Å². The first-order valence-electron chi connectivity index (χ1n) is 12.0. The Kier molecular flexibility index (Phi) is 7.28. The number of nitrogens with one attached hydrogen (secondary N) is 1. The van der Waals surface area contributed by atoms with E-state index < -0.39 is 38.2 Å². The van der Waals surface area contributed by atoms with Crippen LogP contribution in [0.1, 0.15) is 68.3 Å². The molecule has 0 spiro atoms. The van der Waals surface area contributed by atoms with Gasteiger partial charge in [-0.15, -0.1) is 0 Å². The van der Waals surface area contributed by atoms with Crippen molar-refractivity contribution in [3.8, 4) is 0 Å². The molecule has 35 heavy (non-hydrogen) atoms. The van der Waals surface area contributed by atoms with Gasteiger partial charge in [0.25, 0.3) is 5.91 Å². The molecule has 0 saturated heterocycles. The van der Waals surface area contributed by atoms with E-state index in [0.29, 0.717) is 24.8 Å². The molecule has 0 heterocycles. The summed E-state index contributed by atoms with van der Waals surface area (Å²) in [5.74, 6) is -2.95. The molecule has 2 saturated carbocycles. The molecule has 0 radical (unpaired) electrons. The Hall–Kier alpha value is -2.03. The van der Waals surface area contributed by atoms with Crippen molar-refractivity contribution in [1.29, 1.82) is 0 Å². The van der Waals surface area contributed by atoms with E-state index in [2.05, 4.69) is 5.32 Å². The number of aliphatic hydroxyl groups is 1. The zero-order valence-electron chi connectivity index (χ0n) is 19.8. The Bertz CT molecular complexity index is 1230. The Morgan fingerprint density at radius 3 is 2.40 bits per heavy atom. The summed E-state index contributed by atoms with van der Waals surface area (Å²) in [7, 11) is -3.88. The Morgan fingerprint density at radius 2 is 1.80 bits per heavy atom. The smallest absolute Gasteiger partial charge is 0.255 e. The van der Waals surface area contributed by atoms with Crippen molar-refractivity contribution in [2.45, 2.75) is 74.5 Å². The fourth-order valence-corrected chi connectivity index (χ4v) is 8.02. The Balaban J connectivity index is 1.69. The lowest BCUT2D eigenvalue weighted by molar-refractivity contribution is -0.0413. The molecule has 2 aromatic carbocycles. The van der Waals surface area contributed by atoms with Crippen LogP contribution in [0.2, 0.25) is 5.02 Å². The monoisotopic (exact) mass is 525 g/mol. The van der Waals surface area contributed by atoms with Crippen LogP contribution in [0.15, 0.2) is 35.2 Å². The van der Waals surface area contributed by atoms with Crippen molar-refractivity contribution in [2.24, 2.45) is 11.8 Å². The van der Waals surface area contributed by atoms with Gasteiger partial charge in [-0.25, -0.2) is 17.2 Å². The number of carbonyl (C=O) groups is 1. The van der Waals surface area contributed by atoms with Gasteiger partial charge < -0.3 is 10.4 Å². The van der Waals surface area contributed by atoms with E-state index >= 15 is 0 Å². The molecule has 2 aliphatic rings. The molecule has 190 valence electrons. The van der Waals surface area contributed by atoms with Crippen LogP contribution in [0, 0.1) is 23.5 Å². The highest BCUT2D eigenvalue weighted by molar-refractivity contribution is 7.92. The zero-order chi connectivity index (χ0) is 25.5. The van der Waals surface area contributed by atoms with Gasteiger partial charge in [0.05, 0.1) is 20.8 Å². The average molecular weight is 526 g/mol. The van der Waals surface area contributed by atoms with Gasteiger partial charge in [0.2, 0.25) is 0 Å². The van der Waals surface area contributed by atoms with Crippen LogP contribution in [0.5, 0.6) is 0 Å². The second-order valence-electron chi connectivity index (χ2n) is 9.96. The molecule has 0 aromatic heterocycles. The number of hydrogen-bond donors (Lipinski definition) is 2. The van der Waals surface area contributed by atoms with Crippen molar-refractivity contribution < 1.29 is 27.1 Å². The van der Waals surface area contributed by atoms with Crippen LogP contribution in [0.3, 0.4) is 0 Å². The maximum Gasteiger partial charge on any atom is 0.255 e. The van der Waals surface area contributed by atoms with E-state index in [9.17, 15) is 27.1 Å². The first kappa shape index (κ1) is 26.0. The van der Waals surface area contributed by atoms with Crippen molar-refractivity contribution >= 4 is 33.0 Å². The number of benzene rings is 2. The summed E-state index contributed by atoms with van der Waals surface area (Å²) in [6.45, 7) is 3.78. The molecule has 4 rings (SSSR count). The average Bonchev–Trinajstić information content (AvgIpc) is 2.95. The first-order valence-corrected chi connectivity index (χ1v) is 13.9. The van der Waals surface area contributed by atoms with Crippen LogP contribution in [-0.4, -0.2) is 30.3 Å². The molecule has 4 atom stereocenters. The van der Waals surface area contributed by atoms with E-state index in [1.54, 1.807) is 6.92 Å². The maximum atomic E-state index is 13.7. The molecule has 2 fully saturated rings. The number of anilines is 1. The number of unbranched alkanes of at least 4 members (excludes halogenated alkanes) is 1. The van der Waals surface area contributed by atoms with Gasteiger partial charge in [-0.1, -0.05) is 24.9 Å². The number of rotatable bonds is 7. The van der Waals surface area contributed by atoms with Crippen LogP contribution < -0.4 is 5.32 Å². The van der Waals surface area contributed by atoms with Gasteiger partial charge in [0.1, 0.15) is 0 Å². The molecule has 0 aliphatic heterocycles. The lowest BCUT2D eigenvalue weighted by Crippen LogP contribution is -2.45. The van der Waals surface area contributed by atoms with Gasteiger partial charge in [0.15, 0.2) is 21.5 Å². The standard InChI is InChI=1S/C26H30ClF2NO4S/c1-3-4-5-15-10-21(27)24(14-20(15)25(31)30-18-8-9-22(28)23(29)13-18)35(33,34)19-11-16-6-7-17(12-19)26(16,2)32/h8-10,13-14,16-17,19,32H,3-7,11-12H2,1-2H3,(H,30,31)/t16-,17?,19?,26?/m1/s1. The first-order chi connectivity index (χ1) is 16.4. The summed E-state index contributed by atoms with van der Waals surface area (Å²) in [5.41, 5.74) is -0.0878. The Morgan fingerprint density at radius 1 is 1.14 bits per heavy atom. The highest BCUT2D eigenvalue weighted by Crippen LogP contribution is 2.51. The van der Waals surface area contributed by atoms with Crippen LogP contribution in [0.25, 0.3) is 0 Å². The van der Waals surface area contributed by atoms with Gasteiger partial charge in [-0.05, 0) is 87.1 Å². The fraction of sp³-hybridized carbons (Fsp3) is 0.500. The molecular weight excluding hydrogens is 496 g/mol. The summed E-state index contributed by atoms with van der Waals surface area (Å²) >= 11 is 6.48. The number of hydrogen-bond acceptors (Lipinski definition) is 4. The van der Waals surface area contributed by atoms with Crippen LogP contribution in [-0.2, 0) is 16.3 Å². The highest BCUT2D eigenvalue weighted by atomic mass is 35.5. The van der Waals surface area contributed by atoms with Gasteiger partial charge in [-0.3, -0.25) is 4.79 Å². The van der Waals surface area contributed by atoms with Gasteiger partial charge >= 0.3 is 0 Å². The van der Waals surface area contributed by atoms with Crippen molar-refractivity contribution in [1.82, 2.24) is 0 Å². The molecule has 9 heteroatoms. The summed E-state index contributed by atoms with van der Waals surface area (Å²) in [4.78, 5) is 13.1. The van der Waals surface area contributed by atoms with Crippen molar-refractivity contribution in [2.75, 3.05) is 5.32 Å². The third kappa shape index (κ3) is 4.98. The molecule has 2 bridgehead atoms. The van der Waals surface area contributed by atoms with E-state index in [0.717, 1.165) is 37.8 Å². The molecule has 5 nitrogen and oxygen atoms in total. The van der Waals surface area contributed by atoms with E-state index in [-0.39, 0.29) is 33.0 Å². The normalized spacial score (nSPS) is 26.1. The molecular formula is C26H30ClF2NO4S. The molecule has 2 aliphatic carbocycles. The summed E-state index contributed by atoms with van der Waals surface area (Å²) in [6.07, 6.45) is 4.38.